The first-order chi connectivity index (χ1) is 8.12. The number of aliphatic hydroxyl groups is 1. The molecule has 0 fully saturated rings. The van der Waals surface area contributed by atoms with E-state index in [1.54, 1.807) is 0 Å². The molecule has 17 heavy (non-hydrogen) atoms. The predicted octanol–water partition coefficient (Wildman–Crippen LogP) is 0.793. The molecule has 4 N–H and O–H groups in total. The van der Waals surface area contributed by atoms with Crippen LogP contribution in [0.2, 0.25) is 0 Å². The Bertz CT molecular complexity index is 354. The zero-order chi connectivity index (χ0) is 12.7. The molecule has 0 spiro atoms. The Morgan fingerprint density at radius 1 is 1.41 bits per heavy atom. The fraction of sp³-hybridized carbons (Fsp3) is 0.462. The lowest BCUT2D eigenvalue weighted by Gasteiger charge is -2.26. The lowest BCUT2D eigenvalue weighted by Crippen LogP contribution is -2.53. The standard InChI is InChI=1S/C13H20N2O2/c1-2-13(14,8-9-16)12(17)15-10-11-6-4-3-5-7-11/h3-7,16H,2,8-10,14H2,1H3,(H,15,17)/t13-/m0/s1. The van der Waals surface area contributed by atoms with Crippen molar-refractivity contribution < 1.29 is 9.90 Å². The van der Waals surface area contributed by atoms with Crippen molar-refractivity contribution in [2.45, 2.75) is 31.8 Å². The average molecular weight is 236 g/mol. The van der Waals surface area contributed by atoms with Crippen LogP contribution in [0.3, 0.4) is 0 Å². The van der Waals surface area contributed by atoms with E-state index in [-0.39, 0.29) is 18.9 Å². The Morgan fingerprint density at radius 2 is 2.06 bits per heavy atom. The minimum atomic E-state index is -0.969. The maximum atomic E-state index is 11.9. The second-order valence-corrected chi connectivity index (χ2v) is 4.15. The van der Waals surface area contributed by atoms with Gasteiger partial charge in [0.25, 0.3) is 0 Å². The molecule has 4 heteroatoms. The van der Waals surface area contributed by atoms with Crippen LogP contribution in [0.1, 0.15) is 25.3 Å². The molecule has 0 aliphatic rings. The molecular weight excluding hydrogens is 216 g/mol. The quantitative estimate of drug-likeness (QED) is 0.683. The van der Waals surface area contributed by atoms with Gasteiger partial charge in [0.2, 0.25) is 5.91 Å². The van der Waals surface area contributed by atoms with E-state index in [9.17, 15) is 4.79 Å². The second-order valence-electron chi connectivity index (χ2n) is 4.15. The zero-order valence-corrected chi connectivity index (χ0v) is 10.1. The number of benzene rings is 1. The second kappa shape index (κ2) is 6.37. The normalized spacial score (nSPS) is 14.1. The number of carbonyl (C=O) groups excluding carboxylic acids is 1. The Morgan fingerprint density at radius 3 is 2.59 bits per heavy atom. The van der Waals surface area contributed by atoms with Crippen LogP contribution in [0.15, 0.2) is 30.3 Å². The first-order valence-corrected chi connectivity index (χ1v) is 5.84. The summed E-state index contributed by atoms with van der Waals surface area (Å²) >= 11 is 0. The van der Waals surface area contributed by atoms with E-state index in [0.717, 1.165) is 5.56 Å². The molecule has 0 aromatic heterocycles. The van der Waals surface area contributed by atoms with E-state index in [4.69, 9.17) is 10.8 Å². The number of hydrogen-bond donors (Lipinski definition) is 3. The summed E-state index contributed by atoms with van der Waals surface area (Å²) in [5, 5.41) is 11.7. The molecular formula is C13H20N2O2. The molecule has 0 unspecified atom stereocenters. The van der Waals surface area contributed by atoms with Gasteiger partial charge in [0.1, 0.15) is 0 Å². The topological polar surface area (TPSA) is 75.3 Å². The van der Waals surface area contributed by atoms with Crippen molar-refractivity contribution in [3.63, 3.8) is 0 Å². The Kier molecular flexibility index (Phi) is 5.12. The molecule has 1 rings (SSSR count). The molecule has 1 atom stereocenters. The number of hydrogen-bond acceptors (Lipinski definition) is 3. The van der Waals surface area contributed by atoms with Crippen molar-refractivity contribution in [3.05, 3.63) is 35.9 Å². The van der Waals surface area contributed by atoms with E-state index in [1.165, 1.54) is 0 Å². The smallest absolute Gasteiger partial charge is 0.240 e. The third-order valence-electron chi connectivity index (χ3n) is 2.94. The van der Waals surface area contributed by atoms with Gasteiger partial charge in [-0.25, -0.2) is 0 Å². The van der Waals surface area contributed by atoms with Crippen LogP contribution < -0.4 is 11.1 Å². The summed E-state index contributed by atoms with van der Waals surface area (Å²) in [6.45, 7) is 2.23. The van der Waals surface area contributed by atoms with Crippen LogP contribution in [0.25, 0.3) is 0 Å². The highest BCUT2D eigenvalue weighted by Crippen LogP contribution is 2.11. The third-order valence-corrected chi connectivity index (χ3v) is 2.94. The molecule has 1 aromatic carbocycles. The van der Waals surface area contributed by atoms with Gasteiger partial charge in [0.15, 0.2) is 0 Å². The third kappa shape index (κ3) is 3.84. The van der Waals surface area contributed by atoms with Gasteiger partial charge in [0, 0.05) is 13.2 Å². The fourth-order valence-corrected chi connectivity index (χ4v) is 1.60. The largest absolute Gasteiger partial charge is 0.396 e. The van der Waals surface area contributed by atoms with Crippen molar-refractivity contribution in [2.75, 3.05) is 6.61 Å². The summed E-state index contributed by atoms with van der Waals surface area (Å²) in [5.41, 5.74) is 6.01. The number of amides is 1. The summed E-state index contributed by atoms with van der Waals surface area (Å²) in [4.78, 5) is 11.9. The minimum absolute atomic E-state index is 0.0803. The molecule has 1 aromatic rings. The van der Waals surface area contributed by atoms with Crippen molar-refractivity contribution >= 4 is 5.91 Å². The summed E-state index contributed by atoms with van der Waals surface area (Å²) in [6, 6.07) is 9.65. The summed E-state index contributed by atoms with van der Waals surface area (Å²) in [6.07, 6.45) is 0.790. The van der Waals surface area contributed by atoms with Gasteiger partial charge in [-0.05, 0) is 18.4 Å². The predicted molar refractivity (Wildman–Crippen MR) is 67.2 cm³/mol. The highest BCUT2D eigenvalue weighted by molar-refractivity contribution is 5.85. The van der Waals surface area contributed by atoms with Crippen molar-refractivity contribution in [2.24, 2.45) is 5.73 Å². The molecule has 94 valence electrons. The number of carbonyl (C=O) groups is 1. The summed E-state index contributed by atoms with van der Waals surface area (Å²) in [5.74, 6) is -0.210. The van der Waals surface area contributed by atoms with E-state index in [1.807, 2.05) is 37.3 Å². The molecule has 1 amide bonds. The van der Waals surface area contributed by atoms with E-state index >= 15 is 0 Å². The molecule has 0 heterocycles. The fourth-order valence-electron chi connectivity index (χ4n) is 1.60. The van der Waals surface area contributed by atoms with Crippen LogP contribution in [0, 0.1) is 0 Å². The number of nitrogens with two attached hydrogens (primary N) is 1. The average Bonchev–Trinajstić information content (AvgIpc) is 2.37. The van der Waals surface area contributed by atoms with Crippen molar-refractivity contribution in [3.8, 4) is 0 Å². The molecule has 0 bridgehead atoms. The van der Waals surface area contributed by atoms with Crippen molar-refractivity contribution in [1.29, 1.82) is 0 Å². The van der Waals surface area contributed by atoms with Gasteiger partial charge in [-0.15, -0.1) is 0 Å². The zero-order valence-electron chi connectivity index (χ0n) is 10.1. The monoisotopic (exact) mass is 236 g/mol. The summed E-state index contributed by atoms with van der Waals surface area (Å²) in [7, 11) is 0. The number of nitrogens with one attached hydrogen (secondary N) is 1. The Labute approximate surface area is 102 Å². The van der Waals surface area contributed by atoms with Gasteiger partial charge in [-0.2, -0.15) is 0 Å². The van der Waals surface area contributed by atoms with Gasteiger partial charge >= 0.3 is 0 Å². The number of aliphatic hydroxyl groups excluding tert-OH is 1. The van der Waals surface area contributed by atoms with Gasteiger partial charge < -0.3 is 16.2 Å². The highest BCUT2D eigenvalue weighted by atomic mass is 16.3. The Hall–Kier alpha value is -1.39. The van der Waals surface area contributed by atoms with E-state index in [0.29, 0.717) is 13.0 Å². The molecule has 4 nitrogen and oxygen atoms in total. The van der Waals surface area contributed by atoms with Crippen LogP contribution >= 0.6 is 0 Å². The highest BCUT2D eigenvalue weighted by Gasteiger charge is 2.30. The molecule has 0 aliphatic carbocycles. The van der Waals surface area contributed by atoms with Crippen LogP contribution in [-0.4, -0.2) is 23.2 Å². The molecule has 0 saturated heterocycles. The first-order valence-electron chi connectivity index (χ1n) is 5.84. The van der Waals surface area contributed by atoms with E-state index in [2.05, 4.69) is 5.32 Å². The van der Waals surface area contributed by atoms with Crippen molar-refractivity contribution in [1.82, 2.24) is 5.32 Å². The first kappa shape index (κ1) is 13.7. The number of rotatable bonds is 6. The molecule has 0 radical (unpaired) electrons. The lowest BCUT2D eigenvalue weighted by molar-refractivity contribution is -0.127. The van der Waals surface area contributed by atoms with Crippen LogP contribution in [0.5, 0.6) is 0 Å². The lowest BCUT2D eigenvalue weighted by atomic mass is 9.92. The van der Waals surface area contributed by atoms with E-state index < -0.39 is 5.54 Å². The molecule has 0 aliphatic heterocycles. The van der Waals surface area contributed by atoms with Crippen LogP contribution in [0.4, 0.5) is 0 Å². The van der Waals surface area contributed by atoms with Crippen LogP contribution in [-0.2, 0) is 11.3 Å². The molecule has 0 saturated carbocycles. The van der Waals surface area contributed by atoms with Gasteiger partial charge in [-0.3, -0.25) is 4.79 Å². The van der Waals surface area contributed by atoms with Gasteiger partial charge in [0.05, 0.1) is 5.54 Å². The van der Waals surface area contributed by atoms with Gasteiger partial charge in [-0.1, -0.05) is 37.3 Å². The summed E-state index contributed by atoms with van der Waals surface area (Å²) < 4.78 is 0. The maximum absolute atomic E-state index is 11.9. The SMILES string of the molecule is CC[C@](N)(CCO)C(=O)NCc1ccccc1. The minimum Gasteiger partial charge on any atom is -0.396 e. The Balaban J connectivity index is 2.54. The maximum Gasteiger partial charge on any atom is 0.240 e.